The SMILES string of the molecule is N=CC(NC(C=N)c1ccccn1)c1ccccn1. The molecule has 2 heterocycles. The number of hydrogen-bond acceptors (Lipinski definition) is 5. The second-order valence-corrected chi connectivity index (χ2v) is 3.96. The highest BCUT2D eigenvalue weighted by Crippen LogP contribution is 2.14. The second kappa shape index (κ2) is 6.51. The van der Waals surface area contributed by atoms with E-state index in [0.717, 1.165) is 11.4 Å². The molecule has 0 fully saturated rings. The molecule has 96 valence electrons. The van der Waals surface area contributed by atoms with Crippen LogP contribution in [0.1, 0.15) is 23.5 Å². The predicted molar refractivity (Wildman–Crippen MR) is 74.7 cm³/mol. The third-order valence-electron chi connectivity index (χ3n) is 2.71. The van der Waals surface area contributed by atoms with Crippen LogP contribution in [0.5, 0.6) is 0 Å². The average Bonchev–Trinajstić information content (AvgIpc) is 2.50. The van der Waals surface area contributed by atoms with E-state index >= 15 is 0 Å². The summed E-state index contributed by atoms with van der Waals surface area (Å²) >= 11 is 0. The lowest BCUT2D eigenvalue weighted by molar-refractivity contribution is 0.596. The zero-order valence-corrected chi connectivity index (χ0v) is 10.3. The van der Waals surface area contributed by atoms with Gasteiger partial charge in [-0.05, 0) is 24.3 Å². The van der Waals surface area contributed by atoms with Crippen LogP contribution in [0.15, 0.2) is 48.8 Å². The van der Waals surface area contributed by atoms with Gasteiger partial charge in [0.2, 0.25) is 0 Å². The number of rotatable bonds is 6. The van der Waals surface area contributed by atoms with Gasteiger partial charge in [0, 0.05) is 24.8 Å². The summed E-state index contributed by atoms with van der Waals surface area (Å²) in [5, 5.41) is 18.2. The van der Waals surface area contributed by atoms with Crippen molar-refractivity contribution in [1.29, 1.82) is 10.8 Å². The lowest BCUT2D eigenvalue weighted by Crippen LogP contribution is -2.29. The average molecular weight is 253 g/mol. The predicted octanol–water partition coefficient (Wildman–Crippen LogP) is 2.15. The Morgan fingerprint density at radius 3 is 1.63 bits per heavy atom. The van der Waals surface area contributed by atoms with Crippen molar-refractivity contribution in [3.8, 4) is 0 Å². The maximum absolute atomic E-state index is 7.51. The summed E-state index contributed by atoms with van der Waals surface area (Å²) in [6, 6.07) is 10.4. The molecule has 0 bridgehead atoms. The van der Waals surface area contributed by atoms with Gasteiger partial charge in [-0.3, -0.25) is 15.3 Å². The minimum Gasteiger partial charge on any atom is -0.311 e. The Morgan fingerprint density at radius 2 is 1.32 bits per heavy atom. The molecule has 0 amide bonds. The van der Waals surface area contributed by atoms with E-state index in [1.54, 1.807) is 12.4 Å². The first-order chi connectivity index (χ1) is 9.35. The standard InChI is InChI=1S/C14H15N5/c15-9-13(11-5-1-3-7-17-11)19-14(10-16)12-6-2-4-8-18-12/h1-10,13-16,19H. The van der Waals surface area contributed by atoms with Crippen molar-refractivity contribution in [2.45, 2.75) is 12.1 Å². The Labute approximate surface area is 111 Å². The Kier molecular flexibility index (Phi) is 4.47. The van der Waals surface area contributed by atoms with E-state index in [9.17, 15) is 0 Å². The highest BCUT2D eigenvalue weighted by molar-refractivity contribution is 5.67. The van der Waals surface area contributed by atoms with Crippen molar-refractivity contribution >= 4 is 12.4 Å². The van der Waals surface area contributed by atoms with Gasteiger partial charge in [0.15, 0.2) is 0 Å². The zero-order chi connectivity index (χ0) is 13.5. The molecular weight excluding hydrogens is 238 g/mol. The second-order valence-electron chi connectivity index (χ2n) is 3.96. The van der Waals surface area contributed by atoms with E-state index < -0.39 is 0 Å². The molecule has 2 atom stereocenters. The van der Waals surface area contributed by atoms with E-state index in [2.05, 4.69) is 15.3 Å². The van der Waals surface area contributed by atoms with Gasteiger partial charge in [0.1, 0.15) is 0 Å². The van der Waals surface area contributed by atoms with Crippen molar-refractivity contribution in [2.75, 3.05) is 0 Å². The van der Waals surface area contributed by atoms with Crippen molar-refractivity contribution in [3.05, 3.63) is 60.2 Å². The van der Waals surface area contributed by atoms with Crippen LogP contribution in [-0.2, 0) is 0 Å². The Hall–Kier alpha value is -2.40. The van der Waals surface area contributed by atoms with Crippen molar-refractivity contribution < 1.29 is 0 Å². The van der Waals surface area contributed by atoms with Crippen LogP contribution in [0.2, 0.25) is 0 Å². The summed E-state index contributed by atoms with van der Waals surface area (Å²) < 4.78 is 0. The van der Waals surface area contributed by atoms with Crippen molar-refractivity contribution in [1.82, 2.24) is 15.3 Å². The smallest absolute Gasteiger partial charge is 0.0855 e. The first-order valence-corrected chi connectivity index (χ1v) is 5.94. The molecule has 3 N–H and O–H groups in total. The number of nitrogens with zero attached hydrogens (tertiary/aromatic N) is 2. The molecule has 0 aliphatic heterocycles. The Bertz CT molecular complexity index is 477. The highest BCUT2D eigenvalue weighted by Gasteiger charge is 2.16. The Morgan fingerprint density at radius 1 is 0.842 bits per heavy atom. The number of aromatic nitrogens is 2. The molecule has 2 unspecified atom stereocenters. The minimum absolute atomic E-state index is 0.338. The third kappa shape index (κ3) is 3.29. The fourth-order valence-corrected chi connectivity index (χ4v) is 1.75. The fraction of sp³-hybridized carbons (Fsp3) is 0.143. The molecule has 2 rings (SSSR count). The van der Waals surface area contributed by atoms with Crippen LogP contribution in [0.4, 0.5) is 0 Å². The van der Waals surface area contributed by atoms with Gasteiger partial charge in [-0.1, -0.05) is 12.1 Å². The van der Waals surface area contributed by atoms with Gasteiger partial charge in [-0.25, -0.2) is 0 Å². The molecule has 0 aliphatic rings. The topological polar surface area (TPSA) is 85.5 Å². The fourth-order valence-electron chi connectivity index (χ4n) is 1.75. The van der Waals surface area contributed by atoms with Crippen LogP contribution >= 0.6 is 0 Å². The van der Waals surface area contributed by atoms with E-state index in [0.29, 0.717) is 0 Å². The van der Waals surface area contributed by atoms with E-state index in [1.807, 2.05) is 36.4 Å². The van der Waals surface area contributed by atoms with Crippen LogP contribution in [-0.4, -0.2) is 22.4 Å². The third-order valence-corrected chi connectivity index (χ3v) is 2.71. The van der Waals surface area contributed by atoms with E-state index in [4.69, 9.17) is 10.8 Å². The molecule has 0 spiro atoms. The normalized spacial score (nSPS) is 13.5. The van der Waals surface area contributed by atoms with Gasteiger partial charge in [-0.15, -0.1) is 0 Å². The summed E-state index contributed by atoms with van der Waals surface area (Å²) in [6.45, 7) is 0. The van der Waals surface area contributed by atoms with Gasteiger partial charge < -0.3 is 10.8 Å². The molecule has 0 aliphatic carbocycles. The molecule has 0 saturated heterocycles. The molecule has 0 aromatic carbocycles. The molecule has 2 aromatic heterocycles. The van der Waals surface area contributed by atoms with Crippen LogP contribution in [0, 0.1) is 10.8 Å². The highest BCUT2D eigenvalue weighted by atomic mass is 15.0. The summed E-state index contributed by atoms with van der Waals surface area (Å²) in [4.78, 5) is 8.44. The summed E-state index contributed by atoms with van der Waals surface area (Å²) in [5.74, 6) is 0. The first kappa shape index (κ1) is 13.0. The van der Waals surface area contributed by atoms with Crippen molar-refractivity contribution in [2.24, 2.45) is 0 Å². The molecule has 19 heavy (non-hydrogen) atoms. The first-order valence-electron chi connectivity index (χ1n) is 5.94. The Balaban J connectivity index is 2.17. The molecule has 2 aromatic rings. The summed E-state index contributed by atoms with van der Waals surface area (Å²) in [7, 11) is 0. The quantitative estimate of drug-likeness (QED) is 0.689. The monoisotopic (exact) mass is 253 g/mol. The molecule has 0 saturated carbocycles. The number of nitrogens with one attached hydrogen (secondary N) is 3. The molecule has 0 radical (unpaired) electrons. The van der Waals surface area contributed by atoms with Crippen molar-refractivity contribution in [3.63, 3.8) is 0 Å². The van der Waals surface area contributed by atoms with Gasteiger partial charge in [-0.2, -0.15) is 0 Å². The zero-order valence-electron chi connectivity index (χ0n) is 10.3. The van der Waals surface area contributed by atoms with E-state index in [-0.39, 0.29) is 12.1 Å². The van der Waals surface area contributed by atoms with Gasteiger partial charge >= 0.3 is 0 Å². The van der Waals surface area contributed by atoms with Crippen LogP contribution in [0.25, 0.3) is 0 Å². The minimum atomic E-state index is -0.338. The number of pyridine rings is 2. The van der Waals surface area contributed by atoms with Crippen LogP contribution < -0.4 is 5.32 Å². The largest absolute Gasteiger partial charge is 0.311 e. The van der Waals surface area contributed by atoms with Gasteiger partial charge in [0.25, 0.3) is 0 Å². The number of hydrogen-bond donors (Lipinski definition) is 3. The van der Waals surface area contributed by atoms with E-state index in [1.165, 1.54) is 12.4 Å². The maximum atomic E-state index is 7.51. The lowest BCUT2D eigenvalue weighted by Gasteiger charge is -2.19. The maximum Gasteiger partial charge on any atom is 0.0855 e. The van der Waals surface area contributed by atoms with Crippen LogP contribution in [0.3, 0.4) is 0 Å². The molecule has 5 heteroatoms. The summed E-state index contributed by atoms with van der Waals surface area (Å²) in [6.07, 6.45) is 5.94. The van der Waals surface area contributed by atoms with Gasteiger partial charge in [0.05, 0.1) is 23.5 Å². The lowest BCUT2D eigenvalue weighted by atomic mass is 10.1. The molecule has 5 nitrogen and oxygen atoms in total. The molecular formula is C14H15N5. The summed E-state index contributed by atoms with van der Waals surface area (Å²) in [5.41, 5.74) is 1.50.